The van der Waals surface area contributed by atoms with Crippen molar-refractivity contribution < 1.29 is 28.6 Å². The molecule has 6 atom stereocenters. The van der Waals surface area contributed by atoms with Gasteiger partial charge >= 0.3 is 17.9 Å². The Morgan fingerprint density at radius 2 is 1.74 bits per heavy atom. The highest BCUT2D eigenvalue weighted by atomic mass is 16.5. The molecule has 248 valence electrons. The summed E-state index contributed by atoms with van der Waals surface area (Å²) in [7, 11) is 1.35. The fraction of sp³-hybridized carbons (Fsp3) is 0.462. The van der Waals surface area contributed by atoms with E-state index >= 15 is 0 Å². The molecule has 1 saturated carbocycles. The highest BCUT2D eigenvalue weighted by Gasteiger charge is 2.48. The molecule has 1 fully saturated rings. The van der Waals surface area contributed by atoms with Crippen LogP contribution in [0.1, 0.15) is 76.7 Å². The number of ether oxygens (including phenoxy) is 3. The maximum atomic E-state index is 14.8. The molecule has 0 spiro atoms. The number of carbonyl (C=O) groups excluding carboxylic acids is 3. The van der Waals surface area contributed by atoms with E-state index in [-0.39, 0.29) is 47.9 Å². The van der Waals surface area contributed by atoms with Crippen molar-refractivity contribution in [2.24, 2.45) is 17.8 Å². The number of rotatable bonds is 9. The van der Waals surface area contributed by atoms with E-state index in [0.29, 0.717) is 18.9 Å². The Balaban J connectivity index is 1.40. The number of aromatic nitrogens is 1. The molecule has 3 aromatic rings. The zero-order valence-electron chi connectivity index (χ0n) is 28.1. The van der Waals surface area contributed by atoms with Crippen LogP contribution in [0.15, 0.2) is 84.6 Å². The number of fused-ring (bicyclic) bond motifs is 6. The van der Waals surface area contributed by atoms with E-state index in [9.17, 15) is 14.4 Å². The van der Waals surface area contributed by atoms with Crippen LogP contribution in [-0.2, 0) is 34.0 Å². The first-order chi connectivity index (χ1) is 22.6. The number of para-hydroxylation sites is 1. The van der Waals surface area contributed by atoms with Crippen molar-refractivity contribution in [3.8, 4) is 0 Å². The predicted octanol–water partition coefficient (Wildman–Crippen LogP) is 7.06. The molecule has 3 aliphatic rings. The molecule has 3 heterocycles. The van der Waals surface area contributed by atoms with Gasteiger partial charge in [0.1, 0.15) is 18.8 Å². The van der Waals surface area contributed by atoms with Crippen LogP contribution in [0.4, 0.5) is 0 Å². The van der Waals surface area contributed by atoms with Crippen molar-refractivity contribution in [3.05, 3.63) is 95.8 Å². The summed E-state index contributed by atoms with van der Waals surface area (Å²) in [6.45, 7) is 8.90. The first-order valence-electron chi connectivity index (χ1n) is 16.8. The molecule has 2 bridgehead atoms. The van der Waals surface area contributed by atoms with E-state index < -0.39 is 12.0 Å². The van der Waals surface area contributed by atoms with E-state index in [1.54, 1.807) is 6.08 Å². The summed E-state index contributed by atoms with van der Waals surface area (Å²) in [5.41, 5.74) is 3.89. The molecule has 8 heteroatoms. The van der Waals surface area contributed by atoms with Gasteiger partial charge < -0.3 is 23.7 Å². The Morgan fingerprint density at radius 1 is 1.00 bits per heavy atom. The summed E-state index contributed by atoms with van der Waals surface area (Å²) < 4.78 is 19.1. The standard InChI is InChI=1S/C39H46N2O6/c1-25-15-17-31(39(3,4)29-12-7-6-8-13-29)35(21-25)47-38(44)37-30-23-33(34-22-27-11-9-10-14-32(27)41(34)37)40(19-20-46-26(2)42)24-28(30)16-18-36(43)45-5/h6-14,16,18,22,24-25,30-31,33,35,37H,15,17,19-21,23H2,1-5H3/b18-16+/t25-,30+,31-,33+,35-,37-/m1/s1. The van der Waals surface area contributed by atoms with Gasteiger partial charge in [0.05, 0.1) is 19.7 Å². The van der Waals surface area contributed by atoms with Crippen LogP contribution in [-0.4, -0.2) is 53.7 Å². The Hall–Kier alpha value is -4.33. The fourth-order valence-corrected chi connectivity index (χ4v) is 8.20. The molecular formula is C39H46N2O6. The minimum absolute atomic E-state index is 0.0539. The van der Waals surface area contributed by atoms with Gasteiger partial charge in [-0.2, -0.15) is 0 Å². The molecule has 0 saturated heterocycles. The number of hydrogen-bond donors (Lipinski definition) is 0. The summed E-state index contributed by atoms with van der Waals surface area (Å²) in [6, 6.07) is 20.2. The van der Waals surface area contributed by atoms with E-state index in [2.05, 4.69) is 72.7 Å². The van der Waals surface area contributed by atoms with Gasteiger partial charge in [0.2, 0.25) is 0 Å². The van der Waals surface area contributed by atoms with Crippen molar-refractivity contribution in [1.29, 1.82) is 0 Å². The minimum atomic E-state index is -0.622. The highest BCUT2D eigenvalue weighted by molar-refractivity contribution is 5.86. The molecule has 6 rings (SSSR count). The summed E-state index contributed by atoms with van der Waals surface area (Å²) in [6.07, 6.45) is 8.49. The summed E-state index contributed by atoms with van der Waals surface area (Å²) in [4.78, 5) is 40.8. The average Bonchev–Trinajstić information content (AvgIpc) is 3.44. The van der Waals surface area contributed by atoms with Gasteiger partial charge in [-0.15, -0.1) is 0 Å². The van der Waals surface area contributed by atoms with Crippen LogP contribution >= 0.6 is 0 Å². The van der Waals surface area contributed by atoms with E-state index in [1.165, 1.54) is 25.7 Å². The first kappa shape index (κ1) is 32.6. The van der Waals surface area contributed by atoms with Gasteiger partial charge in [0, 0.05) is 42.2 Å². The summed E-state index contributed by atoms with van der Waals surface area (Å²) >= 11 is 0. The van der Waals surface area contributed by atoms with E-state index in [1.807, 2.05) is 24.4 Å². The fourth-order valence-electron chi connectivity index (χ4n) is 8.20. The summed E-state index contributed by atoms with van der Waals surface area (Å²) in [5.74, 6) is -0.671. The third kappa shape index (κ3) is 6.47. The van der Waals surface area contributed by atoms with Gasteiger partial charge in [-0.05, 0) is 65.3 Å². The lowest BCUT2D eigenvalue weighted by atomic mass is 9.64. The maximum absolute atomic E-state index is 14.8. The van der Waals surface area contributed by atoms with Crippen LogP contribution < -0.4 is 0 Å². The molecule has 0 N–H and O–H groups in total. The van der Waals surface area contributed by atoms with Crippen molar-refractivity contribution in [3.63, 3.8) is 0 Å². The second-order valence-electron chi connectivity index (χ2n) is 14.0. The molecule has 1 aliphatic carbocycles. The molecule has 2 aromatic carbocycles. The van der Waals surface area contributed by atoms with E-state index in [0.717, 1.165) is 41.4 Å². The highest BCUT2D eigenvalue weighted by Crippen LogP contribution is 2.51. The Labute approximate surface area is 277 Å². The van der Waals surface area contributed by atoms with Crippen LogP contribution in [0.3, 0.4) is 0 Å². The first-order valence-corrected chi connectivity index (χ1v) is 16.8. The van der Waals surface area contributed by atoms with Crippen molar-refractivity contribution in [2.75, 3.05) is 20.3 Å². The molecule has 0 radical (unpaired) electrons. The van der Waals surface area contributed by atoms with Gasteiger partial charge in [-0.1, -0.05) is 75.7 Å². The zero-order chi connectivity index (χ0) is 33.3. The molecule has 2 aliphatic heterocycles. The lowest BCUT2D eigenvalue weighted by Gasteiger charge is -2.48. The molecule has 0 unspecified atom stereocenters. The van der Waals surface area contributed by atoms with Crippen LogP contribution in [0, 0.1) is 17.8 Å². The van der Waals surface area contributed by atoms with Gasteiger partial charge in [0.15, 0.2) is 0 Å². The van der Waals surface area contributed by atoms with Crippen molar-refractivity contribution >= 4 is 28.8 Å². The maximum Gasteiger partial charge on any atom is 0.330 e. The molecular weight excluding hydrogens is 592 g/mol. The smallest absolute Gasteiger partial charge is 0.330 e. The SMILES string of the molecule is COC(=O)/C=C/C1=CN(CCOC(C)=O)[C@H]2C[C@@H]1[C@H](C(=O)O[C@@H]1C[C@H](C)CC[C@H]1C(C)(C)c1ccccc1)n1c2cc2ccccc21. The monoisotopic (exact) mass is 638 g/mol. The van der Waals surface area contributed by atoms with Crippen LogP contribution in [0.2, 0.25) is 0 Å². The number of carbonyl (C=O) groups is 3. The summed E-state index contributed by atoms with van der Waals surface area (Å²) in [5, 5.41) is 1.05. The quantitative estimate of drug-likeness (QED) is 0.141. The van der Waals surface area contributed by atoms with Crippen molar-refractivity contribution in [1.82, 2.24) is 9.47 Å². The lowest BCUT2D eigenvalue weighted by Crippen LogP contribution is -2.47. The number of esters is 3. The number of benzene rings is 2. The van der Waals surface area contributed by atoms with Crippen LogP contribution in [0.5, 0.6) is 0 Å². The van der Waals surface area contributed by atoms with Crippen molar-refractivity contribution in [2.45, 2.75) is 77.0 Å². The van der Waals surface area contributed by atoms with Gasteiger partial charge in [-0.3, -0.25) is 4.79 Å². The molecule has 47 heavy (non-hydrogen) atoms. The second-order valence-corrected chi connectivity index (χ2v) is 14.0. The normalized spacial score (nSPS) is 25.6. The largest absolute Gasteiger partial charge is 0.466 e. The number of allylic oxidation sites excluding steroid dienone is 2. The predicted molar refractivity (Wildman–Crippen MR) is 180 cm³/mol. The number of hydrogen-bond acceptors (Lipinski definition) is 7. The topological polar surface area (TPSA) is 87.1 Å². The van der Waals surface area contributed by atoms with Gasteiger partial charge in [-0.25, -0.2) is 9.59 Å². The van der Waals surface area contributed by atoms with Gasteiger partial charge in [0.25, 0.3) is 0 Å². The molecule has 8 nitrogen and oxygen atoms in total. The second kappa shape index (κ2) is 13.4. The lowest BCUT2D eigenvalue weighted by molar-refractivity contribution is -0.163. The third-order valence-electron chi connectivity index (χ3n) is 10.7. The number of methoxy groups -OCH3 is 1. The van der Waals surface area contributed by atoms with E-state index in [4.69, 9.17) is 14.2 Å². The Morgan fingerprint density at radius 3 is 2.49 bits per heavy atom. The number of nitrogens with zero attached hydrogens (tertiary/aromatic N) is 2. The molecule has 0 amide bonds. The average molecular weight is 639 g/mol. The third-order valence-corrected chi connectivity index (χ3v) is 10.7. The minimum Gasteiger partial charge on any atom is -0.466 e. The molecule has 1 aromatic heterocycles. The Kier molecular flexibility index (Phi) is 9.31. The van der Waals surface area contributed by atoms with Crippen LogP contribution in [0.25, 0.3) is 10.9 Å². The zero-order valence-corrected chi connectivity index (χ0v) is 28.1. The Bertz CT molecular complexity index is 1690.